The van der Waals surface area contributed by atoms with Gasteiger partial charge in [-0.25, -0.2) is 4.39 Å². The van der Waals surface area contributed by atoms with Crippen molar-refractivity contribution in [3.05, 3.63) is 71.0 Å². The maximum atomic E-state index is 13.7. The summed E-state index contributed by atoms with van der Waals surface area (Å²) in [5.74, 6) is -0.164. The van der Waals surface area contributed by atoms with E-state index in [1.54, 1.807) is 6.07 Å². The first-order valence-electron chi connectivity index (χ1n) is 8.01. The molecule has 0 radical (unpaired) electrons. The van der Waals surface area contributed by atoms with Crippen LogP contribution in [0.25, 0.3) is 0 Å². The van der Waals surface area contributed by atoms with Crippen LogP contribution < -0.4 is 5.32 Å². The number of benzene rings is 2. The van der Waals surface area contributed by atoms with Crippen LogP contribution in [0, 0.1) is 12.7 Å². The minimum absolute atomic E-state index is 0.121. The Morgan fingerprint density at radius 3 is 2.55 bits per heavy atom. The molecule has 3 heteroatoms. The molecule has 0 saturated carbocycles. The second kappa shape index (κ2) is 7.03. The number of hydrogen-bond donors (Lipinski definition) is 1. The summed E-state index contributed by atoms with van der Waals surface area (Å²) in [6.45, 7) is 6.16. The van der Waals surface area contributed by atoms with Gasteiger partial charge in [0.1, 0.15) is 5.82 Å². The van der Waals surface area contributed by atoms with Crippen LogP contribution in [0.1, 0.15) is 29.2 Å². The minimum Gasteiger partial charge on any atom is -0.315 e. The Hall–Kier alpha value is -1.71. The highest BCUT2D eigenvalue weighted by Gasteiger charge is 2.23. The van der Waals surface area contributed by atoms with Crippen LogP contribution in [-0.2, 0) is 0 Å². The maximum absolute atomic E-state index is 13.7. The molecular formula is C19H23FN2. The molecule has 0 aliphatic carbocycles. The smallest absolute Gasteiger partial charge is 0.123 e. The topological polar surface area (TPSA) is 15.3 Å². The van der Waals surface area contributed by atoms with Crippen molar-refractivity contribution < 1.29 is 4.39 Å². The number of rotatable bonds is 3. The average Bonchev–Trinajstić information content (AvgIpc) is 2.77. The van der Waals surface area contributed by atoms with Crippen LogP contribution in [0.15, 0.2) is 48.5 Å². The largest absolute Gasteiger partial charge is 0.315 e. The van der Waals surface area contributed by atoms with Gasteiger partial charge in [-0.2, -0.15) is 0 Å². The first-order valence-corrected chi connectivity index (χ1v) is 8.01. The van der Waals surface area contributed by atoms with Gasteiger partial charge in [0.25, 0.3) is 0 Å². The minimum atomic E-state index is -0.164. The predicted molar refractivity (Wildman–Crippen MR) is 88.5 cm³/mol. The average molecular weight is 298 g/mol. The predicted octanol–water partition coefficient (Wildman–Crippen LogP) is 3.52. The van der Waals surface area contributed by atoms with Crippen molar-refractivity contribution in [3.63, 3.8) is 0 Å². The number of halogens is 1. The van der Waals surface area contributed by atoms with Gasteiger partial charge in [0, 0.05) is 19.6 Å². The lowest BCUT2D eigenvalue weighted by molar-refractivity contribution is 0.240. The summed E-state index contributed by atoms with van der Waals surface area (Å²) in [6.07, 6.45) is 1.12. The third-order valence-electron chi connectivity index (χ3n) is 4.26. The molecule has 2 aromatic carbocycles. The molecule has 2 aromatic rings. The van der Waals surface area contributed by atoms with Crippen LogP contribution >= 0.6 is 0 Å². The molecule has 1 unspecified atom stereocenters. The number of hydrogen-bond acceptors (Lipinski definition) is 2. The molecule has 0 aromatic heterocycles. The molecule has 3 rings (SSSR count). The molecular weight excluding hydrogens is 275 g/mol. The van der Waals surface area contributed by atoms with Crippen molar-refractivity contribution >= 4 is 0 Å². The van der Waals surface area contributed by atoms with Gasteiger partial charge in [0.05, 0.1) is 6.04 Å². The summed E-state index contributed by atoms with van der Waals surface area (Å²) < 4.78 is 13.7. The molecule has 2 nitrogen and oxygen atoms in total. The Morgan fingerprint density at radius 2 is 1.77 bits per heavy atom. The zero-order valence-electron chi connectivity index (χ0n) is 13.1. The molecule has 0 amide bonds. The van der Waals surface area contributed by atoms with Crippen molar-refractivity contribution in [3.8, 4) is 0 Å². The second-order valence-electron chi connectivity index (χ2n) is 6.01. The molecule has 1 atom stereocenters. The van der Waals surface area contributed by atoms with Gasteiger partial charge in [-0.05, 0) is 43.1 Å². The Bertz CT molecular complexity index is 573. The Labute approximate surface area is 132 Å². The summed E-state index contributed by atoms with van der Waals surface area (Å²) in [4.78, 5) is 2.46. The number of nitrogens with zero attached hydrogens (tertiary/aromatic N) is 1. The zero-order valence-corrected chi connectivity index (χ0v) is 13.1. The van der Waals surface area contributed by atoms with Crippen LogP contribution in [0.3, 0.4) is 0 Å². The summed E-state index contributed by atoms with van der Waals surface area (Å²) in [5, 5.41) is 3.44. The van der Waals surface area contributed by atoms with Gasteiger partial charge in [0.2, 0.25) is 0 Å². The summed E-state index contributed by atoms with van der Waals surface area (Å²) in [5.41, 5.74) is 3.52. The fourth-order valence-electron chi connectivity index (χ4n) is 3.26. The lowest BCUT2D eigenvalue weighted by Crippen LogP contribution is -2.33. The van der Waals surface area contributed by atoms with E-state index in [9.17, 15) is 4.39 Å². The molecule has 116 valence electrons. The Balaban J connectivity index is 2.01. The third kappa shape index (κ3) is 3.54. The first-order chi connectivity index (χ1) is 10.7. The Kier molecular flexibility index (Phi) is 4.86. The highest BCUT2D eigenvalue weighted by molar-refractivity contribution is 5.34. The van der Waals surface area contributed by atoms with E-state index in [0.717, 1.165) is 38.2 Å². The van der Waals surface area contributed by atoms with E-state index in [1.165, 1.54) is 17.2 Å². The van der Waals surface area contributed by atoms with Crippen molar-refractivity contribution in [1.29, 1.82) is 0 Å². The maximum Gasteiger partial charge on any atom is 0.123 e. The van der Waals surface area contributed by atoms with Gasteiger partial charge in [-0.1, -0.05) is 42.0 Å². The number of nitrogens with one attached hydrogen (secondary N) is 1. The SMILES string of the molecule is Cc1cccc(C(c2cccc(F)c2)N2CCCNCC2)c1. The fourth-order valence-corrected chi connectivity index (χ4v) is 3.26. The van der Waals surface area contributed by atoms with E-state index in [-0.39, 0.29) is 11.9 Å². The summed E-state index contributed by atoms with van der Waals surface area (Å²) in [7, 11) is 0. The van der Waals surface area contributed by atoms with Gasteiger partial charge < -0.3 is 5.32 Å². The fraction of sp³-hybridized carbons (Fsp3) is 0.368. The lowest BCUT2D eigenvalue weighted by atomic mass is 9.95. The van der Waals surface area contributed by atoms with Crippen molar-refractivity contribution in [2.24, 2.45) is 0 Å². The molecule has 1 aliphatic rings. The van der Waals surface area contributed by atoms with E-state index in [0.29, 0.717) is 0 Å². The molecule has 1 saturated heterocycles. The van der Waals surface area contributed by atoms with E-state index in [2.05, 4.69) is 41.4 Å². The highest BCUT2D eigenvalue weighted by Crippen LogP contribution is 2.30. The molecule has 0 spiro atoms. The molecule has 1 N–H and O–H groups in total. The van der Waals surface area contributed by atoms with Crippen LogP contribution in [0.5, 0.6) is 0 Å². The quantitative estimate of drug-likeness (QED) is 0.932. The van der Waals surface area contributed by atoms with Gasteiger partial charge >= 0.3 is 0 Å². The van der Waals surface area contributed by atoms with Crippen molar-refractivity contribution in [2.75, 3.05) is 26.2 Å². The van der Waals surface area contributed by atoms with E-state index in [1.807, 2.05) is 12.1 Å². The molecule has 1 fully saturated rings. The standard InChI is InChI=1S/C19H23FN2/c1-15-5-2-6-16(13-15)19(17-7-3-8-18(20)14-17)22-11-4-9-21-10-12-22/h2-3,5-8,13-14,19,21H,4,9-12H2,1H3. The first kappa shape index (κ1) is 15.2. The summed E-state index contributed by atoms with van der Waals surface area (Å²) >= 11 is 0. The van der Waals surface area contributed by atoms with E-state index in [4.69, 9.17) is 0 Å². The molecule has 0 bridgehead atoms. The monoisotopic (exact) mass is 298 g/mol. The van der Waals surface area contributed by atoms with Gasteiger partial charge in [0.15, 0.2) is 0 Å². The normalized spacial score (nSPS) is 17.9. The second-order valence-corrected chi connectivity index (χ2v) is 6.01. The van der Waals surface area contributed by atoms with Crippen molar-refractivity contribution in [2.45, 2.75) is 19.4 Å². The molecule has 22 heavy (non-hydrogen) atoms. The lowest BCUT2D eigenvalue weighted by Gasteiger charge is -2.31. The van der Waals surface area contributed by atoms with E-state index >= 15 is 0 Å². The highest BCUT2D eigenvalue weighted by atomic mass is 19.1. The molecule has 1 aliphatic heterocycles. The van der Waals surface area contributed by atoms with Gasteiger partial charge in [-0.15, -0.1) is 0 Å². The van der Waals surface area contributed by atoms with Gasteiger partial charge in [-0.3, -0.25) is 4.90 Å². The Morgan fingerprint density at radius 1 is 1.00 bits per heavy atom. The molecule has 1 heterocycles. The van der Waals surface area contributed by atoms with Crippen LogP contribution in [0.2, 0.25) is 0 Å². The van der Waals surface area contributed by atoms with Crippen molar-refractivity contribution in [1.82, 2.24) is 10.2 Å². The van der Waals surface area contributed by atoms with Crippen LogP contribution in [0.4, 0.5) is 4.39 Å². The number of aryl methyl sites for hydroxylation is 1. The third-order valence-corrected chi connectivity index (χ3v) is 4.26. The van der Waals surface area contributed by atoms with Crippen LogP contribution in [-0.4, -0.2) is 31.1 Å². The van der Waals surface area contributed by atoms with E-state index < -0.39 is 0 Å². The summed E-state index contributed by atoms with van der Waals surface area (Å²) in [6, 6.07) is 15.7. The zero-order chi connectivity index (χ0) is 15.4.